The lowest BCUT2D eigenvalue weighted by Gasteiger charge is -2.55. The Morgan fingerprint density at radius 2 is 1.89 bits per heavy atom. The zero-order valence-electron chi connectivity index (χ0n) is 16.3. The number of thioether (sulfide) groups is 2. The molecule has 8 heteroatoms. The van der Waals surface area contributed by atoms with E-state index in [0.717, 1.165) is 29.2 Å². The van der Waals surface area contributed by atoms with Crippen molar-refractivity contribution in [2.75, 3.05) is 39.4 Å². The van der Waals surface area contributed by atoms with Gasteiger partial charge in [0.25, 0.3) is 0 Å². The van der Waals surface area contributed by atoms with Crippen LogP contribution in [0, 0.1) is 5.92 Å². The fourth-order valence-electron chi connectivity index (χ4n) is 4.81. The standard InChI is InChI=1S/C20H25NO5S2/c1-24-13-5-6-14-15-9-12(20(16(14)10-13)27-7-4-8-28-20)11-21(19(23)26-3)17(15)18(22)25-2/h5-6,10,12,15,17H,4,7-9,11H2,1-3H3/t12-,15-,17-/m1/s1. The maximum Gasteiger partial charge on any atom is 0.410 e. The third-order valence-electron chi connectivity index (χ3n) is 6.02. The van der Waals surface area contributed by atoms with Gasteiger partial charge >= 0.3 is 12.1 Å². The van der Waals surface area contributed by atoms with Gasteiger partial charge in [0.2, 0.25) is 0 Å². The molecule has 0 N–H and O–H groups in total. The number of carbonyl (C=O) groups excluding carboxylic acids is 2. The fraction of sp³-hybridized carbons (Fsp3) is 0.600. The Balaban J connectivity index is 1.88. The van der Waals surface area contributed by atoms with E-state index in [9.17, 15) is 9.59 Å². The average molecular weight is 424 g/mol. The van der Waals surface area contributed by atoms with Gasteiger partial charge in [-0.05, 0) is 47.6 Å². The molecule has 1 spiro atoms. The number of likely N-dealkylation sites (tertiary alicyclic amines) is 1. The Kier molecular flexibility index (Phi) is 5.44. The van der Waals surface area contributed by atoms with Crippen LogP contribution in [-0.4, -0.2) is 62.4 Å². The van der Waals surface area contributed by atoms with Gasteiger partial charge in [-0.1, -0.05) is 6.07 Å². The van der Waals surface area contributed by atoms with Gasteiger partial charge in [-0.3, -0.25) is 4.90 Å². The minimum absolute atomic E-state index is 0.111. The Bertz CT molecular complexity index is 780. The van der Waals surface area contributed by atoms with Crippen molar-refractivity contribution < 1.29 is 23.8 Å². The number of esters is 1. The van der Waals surface area contributed by atoms with Gasteiger partial charge in [-0.15, -0.1) is 23.5 Å². The summed E-state index contributed by atoms with van der Waals surface area (Å²) in [6.45, 7) is 0.486. The van der Waals surface area contributed by atoms with E-state index in [1.54, 1.807) is 12.0 Å². The van der Waals surface area contributed by atoms with Gasteiger partial charge < -0.3 is 14.2 Å². The smallest absolute Gasteiger partial charge is 0.410 e. The second kappa shape index (κ2) is 7.71. The first-order valence-corrected chi connectivity index (χ1v) is 11.4. The van der Waals surface area contributed by atoms with Gasteiger partial charge in [0, 0.05) is 18.4 Å². The van der Waals surface area contributed by atoms with Crippen LogP contribution in [0.4, 0.5) is 4.79 Å². The van der Waals surface area contributed by atoms with Gasteiger partial charge in [0.05, 0.1) is 25.4 Å². The van der Waals surface area contributed by atoms with Crippen LogP contribution in [-0.2, 0) is 18.3 Å². The average Bonchev–Trinajstić information content (AvgIpc) is 2.76. The molecule has 2 aliphatic heterocycles. The van der Waals surface area contributed by atoms with Crippen molar-refractivity contribution in [3.05, 3.63) is 29.3 Å². The molecule has 4 rings (SSSR count). The van der Waals surface area contributed by atoms with Gasteiger partial charge in [0.15, 0.2) is 0 Å². The molecule has 152 valence electrons. The molecule has 2 saturated heterocycles. The number of ether oxygens (including phenoxy) is 3. The van der Waals surface area contributed by atoms with Gasteiger partial charge in [0.1, 0.15) is 11.8 Å². The third kappa shape index (κ3) is 2.96. The normalized spacial score (nSPS) is 27.7. The molecule has 1 aromatic rings. The minimum atomic E-state index is -0.670. The summed E-state index contributed by atoms with van der Waals surface area (Å²) in [5.74, 6) is 2.72. The molecular formula is C20H25NO5S2. The maximum absolute atomic E-state index is 12.7. The molecule has 28 heavy (non-hydrogen) atoms. The van der Waals surface area contributed by atoms with E-state index in [0.29, 0.717) is 6.54 Å². The minimum Gasteiger partial charge on any atom is -0.497 e. The molecule has 2 heterocycles. The molecule has 0 radical (unpaired) electrons. The first-order valence-electron chi connectivity index (χ1n) is 9.44. The first kappa shape index (κ1) is 19.8. The molecular weight excluding hydrogens is 398 g/mol. The summed E-state index contributed by atoms with van der Waals surface area (Å²) in [5, 5.41) is 0. The number of methoxy groups -OCH3 is 3. The van der Waals surface area contributed by atoms with Crippen LogP contribution < -0.4 is 4.74 Å². The Morgan fingerprint density at radius 3 is 2.54 bits per heavy atom. The van der Waals surface area contributed by atoms with Crippen molar-refractivity contribution >= 4 is 35.6 Å². The monoisotopic (exact) mass is 423 g/mol. The topological polar surface area (TPSA) is 65.1 Å². The lowest BCUT2D eigenvalue weighted by Crippen LogP contribution is -2.59. The maximum atomic E-state index is 12.7. The molecule has 1 amide bonds. The lowest BCUT2D eigenvalue weighted by atomic mass is 9.69. The summed E-state index contributed by atoms with van der Waals surface area (Å²) in [6, 6.07) is 5.46. The SMILES string of the molecule is COC(=O)[C@H]1[C@@H]2C[C@H](CN1C(=O)OC)C1(SCCCS1)c1cc(OC)ccc12. The predicted molar refractivity (Wildman–Crippen MR) is 110 cm³/mol. The lowest BCUT2D eigenvalue weighted by molar-refractivity contribution is -0.149. The quantitative estimate of drug-likeness (QED) is 0.675. The van der Waals surface area contributed by atoms with Crippen molar-refractivity contribution in [2.45, 2.75) is 28.9 Å². The number of benzene rings is 1. The Hall–Kier alpha value is -1.54. The van der Waals surface area contributed by atoms with Crippen LogP contribution in [0.5, 0.6) is 5.75 Å². The van der Waals surface area contributed by atoms with E-state index in [1.165, 1.54) is 26.2 Å². The first-order chi connectivity index (χ1) is 13.6. The van der Waals surface area contributed by atoms with Crippen molar-refractivity contribution in [3.8, 4) is 5.75 Å². The summed E-state index contributed by atoms with van der Waals surface area (Å²) in [5.41, 5.74) is 2.35. The van der Waals surface area contributed by atoms with Crippen molar-refractivity contribution in [2.24, 2.45) is 5.92 Å². The number of amides is 1. The second-order valence-electron chi connectivity index (χ2n) is 7.30. The van der Waals surface area contributed by atoms with Gasteiger partial charge in [-0.25, -0.2) is 9.59 Å². The molecule has 0 aromatic heterocycles. The van der Waals surface area contributed by atoms with Crippen molar-refractivity contribution in [1.82, 2.24) is 4.90 Å². The molecule has 0 unspecified atom stereocenters. The van der Waals surface area contributed by atoms with Crippen LogP contribution in [0.15, 0.2) is 18.2 Å². The number of fused-ring (bicyclic) bond motifs is 6. The van der Waals surface area contributed by atoms with Crippen LogP contribution >= 0.6 is 23.5 Å². The second-order valence-corrected chi connectivity index (χ2v) is 10.2. The predicted octanol–water partition coefficient (Wildman–Crippen LogP) is 3.45. The van der Waals surface area contributed by atoms with Crippen molar-refractivity contribution in [1.29, 1.82) is 0 Å². The summed E-state index contributed by atoms with van der Waals surface area (Å²) < 4.78 is 15.5. The van der Waals surface area contributed by atoms with E-state index < -0.39 is 18.1 Å². The number of piperidine rings is 1. The highest BCUT2D eigenvalue weighted by atomic mass is 32.2. The summed E-state index contributed by atoms with van der Waals surface area (Å²) in [7, 11) is 4.41. The third-order valence-corrected chi connectivity index (χ3v) is 9.68. The number of carbonyl (C=O) groups is 2. The zero-order chi connectivity index (χ0) is 19.9. The molecule has 0 saturated carbocycles. The van der Waals surface area contributed by atoms with Crippen LogP contribution in [0.1, 0.15) is 29.9 Å². The number of rotatable bonds is 2. The summed E-state index contributed by atoms with van der Waals surface area (Å²) >= 11 is 3.93. The van der Waals surface area contributed by atoms with E-state index in [4.69, 9.17) is 14.2 Å². The summed E-state index contributed by atoms with van der Waals surface area (Å²) in [4.78, 5) is 26.8. The Labute approximate surface area is 173 Å². The molecule has 1 aromatic carbocycles. The molecule has 2 fully saturated rings. The molecule has 3 aliphatic rings. The van der Waals surface area contributed by atoms with Gasteiger partial charge in [-0.2, -0.15) is 0 Å². The molecule has 6 nitrogen and oxygen atoms in total. The zero-order valence-corrected chi connectivity index (χ0v) is 17.9. The summed E-state index contributed by atoms with van der Waals surface area (Å²) in [6.07, 6.45) is 1.56. The Morgan fingerprint density at radius 1 is 1.14 bits per heavy atom. The number of hydrogen-bond acceptors (Lipinski definition) is 7. The highest BCUT2D eigenvalue weighted by Crippen LogP contribution is 2.64. The van der Waals surface area contributed by atoms with E-state index >= 15 is 0 Å². The van der Waals surface area contributed by atoms with Crippen LogP contribution in [0.2, 0.25) is 0 Å². The van der Waals surface area contributed by atoms with Crippen LogP contribution in [0.25, 0.3) is 0 Å². The fourth-order valence-corrected chi connectivity index (χ4v) is 8.49. The number of nitrogens with zero attached hydrogens (tertiary/aromatic N) is 1. The molecule has 1 aliphatic carbocycles. The van der Waals surface area contributed by atoms with E-state index in [2.05, 4.69) is 12.1 Å². The van der Waals surface area contributed by atoms with E-state index in [1.807, 2.05) is 29.6 Å². The molecule has 3 atom stereocenters. The highest BCUT2D eigenvalue weighted by molar-refractivity contribution is 8.18. The largest absolute Gasteiger partial charge is 0.497 e. The van der Waals surface area contributed by atoms with E-state index in [-0.39, 0.29) is 15.9 Å². The highest BCUT2D eigenvalue weighted by Gasteiger charge is 2.57. The van der Waals surface area contributed by atoms with Crippen LogP contribution in [0.3, 0.4) is 0 Å². The molecule has 2 bridgehead atoms. The number of hydrogen-bond donors (Lipinski definition) is 0. The van der Waals surface area contributed by atoms with Crippen molar-refractivity contribution in [3.63, 3.8) is 0 Å².